The number of rotatable bonds is 6. The molecule has 1 unspecified atom stereocenters. The third kappa shape index (κ3) is 5.05. The summed E-state index contributed by atoms with van der Waals surface area (Å²) < 4.78 is 5.51. The van der Waals surface area contributed by atoms with Crippen LogP contribution >= 0.6 is 22.6 Å². The van der Waals surface area contributed by atoms with E-state index in [9.17, 15) is 14.7 Å². The summed E-state index contributed by atoms with van der Waals surface area (Å²) in [6, 6.07) is 21.0. The molecule has 3 aromatic rings. The van der Waals surface area contributed by atoms with Crippen LogP contribution in [0.1, 0.15) is 44.7 Å². The molecule has 2 heterocycles. The Kier molecular flexibility index (Phi) is 6.61. The van der Waals surface area contributed by atoms with E-state index >= 15 is 0 Å². The summed E-state index contributed by atoms with van der Waals surface area (Å²) in [5, 5.41) is 10.6. The molecule has 2 atom stereocenters. The first-order valence-electron chi connectivity index (χ1n) is 11.3. The number of aromatic amines is 1. The van der Waals surface area contributed by atoms with E-state index in [-0.39, 0.29) is 5.56 Å². The van der Waals surface area contributed by atoms with Crippen molar-refractivity contribution < 1.29 is 14.6 Å². The Balaban J connectivity index is 1.59. The molecule has 0 radical (unpaired) electrons. The van der Waals surface area contributed by atoms with Gasteiger partial charge in [-0.2, -0.15) is 0 Å². The van der Waals surface area contributed by atoms with E-state index < -0.39 is 20.8 Å². The Bertz CT molecular complexity index is 1220. The van der Waals surface area contributed by atoms with E-state index in [0.29, 0.717) is 19.4 Å². The average Bonchev–Trinajstić information content (AvgIpc) is 2.78. The van der Waals surface area contributed by atoms with E-state index in [0.717, 1.165) is 22.3 Å². The highest BCUT2D eigenvalue weighted by molar-refractivity contribution is 14.1. The minimum absolute atomic E-state index is 0.149. The topological polar surface area (TPSA) is 82.6 Å². The molecule has 1 aromatic heterocycles. The highest BCUT2D eigenvalue weighted by Gasteiger charge is 2.49. The maximum Gasteiger partial charge on any atom is 0.412 e. The second-order valence-electron chi connectivity index (χ2n) is 9.59. The zero-order valence-electron chi connectivity index (χ0n) is 19.5. The lowest BCUT2D eigenvalue weighted by molar-refractivity contribution is -0.102. The second kappa shape index (κ2) is 9.19. The van der Waals surface area contributed by atoms with Crippen molar-refractivity contribution in [2.75, 3.05) is 6.54 Å². The van der Waals surface area contributed by atoms with E-state index in [2.05, 4.69) is 27.6 Å². The molecule has 0 bridgehead atoms. The fraction of sp³-hybridized carbons (Fsp3) is 0.333. The van der Waals surface area contributed by atoms with Crippen LogP contribution in [-0.2, 0) is 13.9 Å². The van der Waals surface area contributed by atoms with Gasteiger partial charge in [0.1, 0.15) is 9.15 Å². The monoisotopic (exact) mass is 572 g/mol. The minimum Gasteiger partial charge on any atom is -0.438 e. The van der Waals surface area contributed by atoms with E-state index in [1.165, 1.54) is 0 Å². The highest BCUT2D eigenvalue weighted by atomic mass is 127. The van der Waals surface area contributed by atoms with Gasteiger partial charge >= 0.3 is 6.09 Å². The van der Waals surface area contributed by atoms with Crippen molar-refractivity contribution >= 4 is 28.7 Å². The van der Waals surface area contributed by atoms with Crippen molar-refractivity contribution in [3.63, 3.8) is 0 Å². The summed E-state index contributed by atoms with van der Waals surface area (Å²) in [5.74, 6) is 0. The molecule has 178 valence electrons. The quantitative estimate of drug-likeness (QED) is 0.231. The van der Waals surface area contributed by atoms with Gasteiger partial charge in [0.15, 0.2) is 0 Å². The molecule has 1 amide bonds. The summed E-state index contributed by atoms with van der Waals surface area (Å²) in [6.07, 6.45) is 2.10. The van der Waals surface area contributed by atoms with Crippen LogP contribution in [-0.4, -0.2) is 33.2 Å². The molecule has 0 spiro atoms. The van der Waals surface area contributed by atoms with Gasteiger partial charge in [-0.1, -0.05) is 54.6 Å². The molecule has 7 heteroatoms. The van der Waals surface area contributed by atoms with Crippen molar-refractivity contribution in [1.82, 2.24) is 9.88 Å². The van der Waals surface area contributed by atoms with Crippen LogP contribution in [0.4, 0.5) is 4.79 Å². The van der Waals surface area contributed by atoms with Crippen molar-refractivity contribution in [2.24, 2.45) is 0 Å². The van der Waals surface area contributed by atoms with Crippen molar-refractivity contribution in [3.05, 3.63) is 94.4 Å². The fourth-order valence-electron chi connectivity index (χ4n) is 4.66. The first-order valence-corrected chi connectivity index (χ1v) is 12.4. The lowest BCUT2D eigenvalue weighted by Crippen LogP contribution is -2.54. The zero-order chi connectivity index (χ0) is 24.6. The molecule has 4 rings (SSSR count). The predicted molar refractivity (Wildman–Crippen MR) is 141 cm³/mol. The van der Waals surface area contributed by atoms with Crippen LogP contribution in [0.3, 0.4) is 0 Å². The third-order valence-electron chi connectivity index (χ3n) is 6.29. The molecule has 1 saturated heterocycles. The van der Waals surface area contributed by atoms with Gasteiger partial charge in [0.05, 0.1) is 5.60 Å². The molecule has 34 heavy (non-hydrogen) atoms. The van der Waals surface area contributed by atoms with Crippen LogP contribution in [0.25, 0.3) is 11.1 Å². The number of alkyl halides is 1. The first kappa shape index (κ1) is 24.5. The van der Waals surface area contributed by atoms with Gasteiger partial charge in [-0.3, -0.25) is 9.69 Å². The standard InChI is InChI=1S/C27H29IN2O4/c1-25(2,33)18-27(22-7-5-4-6-8-22)14-16-30(24(32)34-27)26(3,28)21-11-9-19(10-12-21)20-13-15-29-23(31)17-20/h4-13,15,17,33H,14,16,18H2,1-3H3,(H,29,31)/t26-,27?/m1/s1. The SMILES string of the molecule is CC(C)(O)CC1(c2ccccc2)CCN([C@@](C)(I)c2ccc(-c3cc[nH]c(=O)c3)cc2)C(=O)O1. The van der Waals surface area contributed by atoms with Crippen LogP contribution in [0.15, 0.2) is 77.7 Å². The maximum absolute atomic E-state index is 13.4. The van der Waals surface area contributed by atoms with Gasteiger partial charge in [0, 0.05) is 31.6 Å². The van der Waals surface area contributed by atoms with Crippen LogP contribution in [0, 0.1) is 0 Å². The number of pyridine rings is 1. The molecule has 0 saturated carbocycles. The number of hydrogen-bond donors (Lipinski definition) is 2. The maximum atomic E-state index is 13.4. The largest absolute Gasteiger partial charge is 0.438 e. The van der Waals surface area contributed by atoms with E-state index in [4.69, 9.17) is 4.74 Å². The molecule has 2 aromatic carbocycles. The Labute approximate surface area is 213 Å². The van der Waals surface area contributed by atoms with Crippen LogP contribution in [0.2, 0.25) is 0 Å². The fourth-order valence-corrected chi connectivity index (χ4v) is 5.45. The number of amides is 1. The summed E-state index contributed by atoms with van der Waals surface area (Å²) in [4.78, 5) is 29.4. The molecular formula is C27H29IN2O4. The molecule has 0 aliphatic carbocycles. The summed E-state index contributed by atoms with van der Waals surface area (Å²) in [7, 11) is 0. The van der Waals surface area contributed by atoms with Gasteiger partial charge in [-0.25, -0.2) is 4.79 Å². The van der Waals surface area contributed by atoms with Crippen molar-refractivity contribution in [1.29, 1.82) is 0 Å². The summed E-state index contributed by atoms with van der Waals surface area (Å²) in [5.41, 5.74) is 1.57. The smallest absolute Gasteiger partial charge is 0.412 e. The number of benzene rings is 2. The van der Waals surface area contributed by atoms with Crippen LogP contribution in [0.5, 0.6) is 0 Å². The molecule has 1 aliphatic heterocycles. The minimum atomic E-state index is -0.999. The van der Waals surface area contributed by atoms with Gasteiger partial charge < -0.3 is 14.8 Å². The normalized spacial score (nSPS) is 20.5. The summed E-state index contributed by atoms with van der Waals surface area (Å²) in [6.45, 7) is 5.95. The molecule has 6 nitrogen and oxygen atoms in total. The predicted octanol–water partition coefficient (Wildman–Crippen LogP) is 5.55. The number of cyclic esters (lactones) is 1. The number of carbonyl (C=O) groups excluding carboxylic acids is 1. The number of hydrogen-bond acceptors (Lipinski definition) is 4. The van der Waals surface area contributed by atoms with E-state index in [1.807, 2.05) is 67.6 Å². The Hall–Kier alpha value is -2.65. The van der Waals surface area contributed by atoms with Gasteiger partial charge in [0.25, 0.3) is 0 Å². The number of aromatic nitrogens is 1. The number of ether oxygens (including phenoxy) is 1. The molecule has 1 aliphatic rings. The van der Waals surface area contributed by atoms with Crippen LogP contribution < -0.4 is 5.56 Å². The highest BCUT2D eigenvalue weighted by Crippen LogP contribution is 2.45. The number of nitrogens with one attached hydrogen (secondary N) is 1. The lowest BCUT2D eigenvalue weighted by atomic mass is 9.80. The van der Waals surface area contributed by atoms with Gasteiger partial charge in [-0.15, -0.1) is 0 Å². The second-order valence-corrected chi connectivity index (χ2v) is 11.7. The summed E-state index contributed by atoms with van der Waals surface area (Å²) >= 11 is 2.28. The molecular weight excluding hydrogens is 543 g/mol. The number of H-pyrrole nitrogens is 1. The Morgan fingerprint density at radius 3 is 2.29 bits per heavy atom. The number of aliphatic hydroxyl groups is 1. The zero-order valence-corrected chi connectivity index (χ0v) is 21.7. The molecule has 1 fully saturated rings. The average molecular weight is 572 g/mol. The Morgan fingerprint density at radius 1 is 1.03 bits per heavy atom. The van der Waals surface area contributed by atoms with Gasteiger partial charge in [-0.05, 0) is 71.7 Å². The molecule has 2 N–H and O–H groups in total. The first-order chi connectivity index (χ1) is 16.0. The van der Waals surface area contributed by atoms with Gasteiger partial charge in [0.2, 0.25) is 5.56 Å². The lowest BCUT2D eigenvalue weighted by Gasteiger charge is -2.47. The number of carbonyl (C=O) groups is 1. The van der Waals surface area contributed by atoms with E-state index in [1.54, 1.807) is 31.0 Å². The number of halogens is 1. The number of nitrogens with zero attached hydrogens (tertiary/aromatic N) is 1. The van der Waals surface area contributed by atoms with Crippen molar-refractivity contribution in [2.45, 2.75) is 48.4 Å². The van der Waals surface area contributed by atoms with Crippen molar-refractivity contribution in [3.8, 4) is 11.1 Å². The third-order valence-corrected chi connectivity index (χ3v) is 7.49. The Morgan fingerprint density at radius 2 is 1.71 bits per heavy atom.